The minimum absolute atomic E-state index is 0.00283. The third kappa shape index (κ3) is 8.06. The second kappa shape index (κ2) is 9.88. The molecule has 0 aromatic heterocycles. The molecule has 0 spiro atoms. The van der Waals surface area contributed by atoms with Gasteiger partial charge in [-0.1, -0.05) is 20.3 Å². The predicted molar refractivity (Wildman–Crippen MR) is 71.1 cm³/mol. The Kier molecular flexibility index (Phi) is 9.28. The van der Waals surface area contributed by atoms with Crippen molar-refractivity contribution >= 4 is 11.9 Å². The first-order valence-corrected chi connectivity index (χ1v) is 6.70. The first kappa shape index (κ1) is 16.9. The van der Waals surface area contributed by atoms with Gasteiger partial charge >= 0.3 is 5.97 Å². The van der Waals surface area contributed by atoms with Crippen LogP contribution in [0.1, 0.15) is 46.0 Å². The molecule has 0 aromatic rings. The normalized spacial score (nSPS) is 13.9. The maximum atomic E-state index is 11.5. The number of carboxylic acids is 1. The number of carboxylic acid groups (broad SMARTS) is 1. The van der Waals surface area contributed by atoms with E-state index in [0.717, 1.165) is 19.3 Å². The molecule has 0 bridgehead atoms. The monoisotopic (exact) mass is 258 g/mol. The Morgan fingerprint density at radius 1 is 1.28 bits per heavy atom. The molecule has 0 radical (unpaired) electrons. The number of carbonyl (C=O) groups is 2. The molecule has 0 aliphatic carbocycles. The first-order chi connectivity index (χ1) is 8.51. The number of amides is 1. The first-order valence-electron chi connectivity index (χ1n) is 6.70. The van der Waals surface area contributed by atoms with Crippen LogP contribution >= 0.6 is 0 Å². The molecule has 0 aliphatic heterocycles. The minimum atomic E-state index is -0.821. The number of hydrogen-bond donors (Lipinski definition) is 3. The molecule has 18 heavy (non-hydrogen) atoms. The van der Waals surface area contributed by atoms with Crippen molar-refractivity contribution in [2.24, 2.45) is 17.6 Å². The molecule has 5 nitrogen and oxygen atoms in total. The van der Waals surface area contributed by atoms with Gasteiger partial charge in [-0.15, -0.1) is 0 Å². The molecule has 0 saturated heterocycles. The number of aliphatic carboxylic acids is 1. The van der Waals surface area contributed by atoms with Gasteiger partial charge in [0.15, 0.2) is 0 Å². The average molecular weight is 258 g/mol. The topological polar surface area (TPSA) is 92.4 Å². The fraction of sp³-hybridized carbons (Fsp3) is 0.846. The third-order valence-electron chi connectivity index (χ3n) is 3.25. The van der Waals surface area contributed by atoms with Gasteiger partial charge in [0, 0.05) is 13.0 Å². The lowest BCUT2D eigenvalue weighted by molar-refractivity contribution is -0.141. The van der Waals surface area contributed by atoms with Crippen LogP contribution in [0.2, 0.25) is 0 Å². The van der Waals surface area contributed by atoms with Crippen LogP contribution in [0.5, 0.6) is 0 Å². The minimum Gasteiger partial charge on any atom is -0.481 e. The van der Waals surface area contributed by atoms with E-state index in [2.05, 4.69) is 12.2 Å². The lowest BCUT2D eigenvalue weighted by Gasteiger charge is -2.13. The quantitative estimate of drug-likeness (QED) is 0.552. The van der Waals surface area contributed by atoms with Crippen LogP contribution in [0, 0.1) is 11.8 Å². The van der Waals surface area contributed by atoms with Crippen LogP contribution in [-0.2, 0) is 9.59 Å². The summed E-state index contributed by atoms with van der Waals surface area (Å²) in [7, 11) is 0. The third-order valence-corrected chi connectivity index (χ3v) is 3.25. The van der Waals surface area contributed by atoms with E-state index in [-0.39, 0.29) is 5.91 Å². The molecule has 0 aromatic carbocycles. The molecule has 0 heterocycles. The molecule has 1 amide bonds. The van der Waals surface area contributed by atoms with E-state index in [1.807, 2.05) is 0 Å². The maximum Gasteiger partial charge on any atom is 0.306 e. The molecule has 2 unspecified atom stereocenters. The fourth-order valence-electron chi connectivity index (χ4n) is 1.76. The summed E-state index contributed by atoms with van der Waals surface area (Å²) in [6.45, 7) is 4.84. The smallest absolute Gasteiger partial charge is 0.306 e. The van der Waals surface area contributed by atoms with E-state index in [1.165, 1.54) is 0 Å². The van der Waals surface area contributed by atoms with Crippen molar-refractivity contribution < 1.29 is 14.7 Å². The standard InChI is InChI=1S/C13H26N2O3/c1-3-11(6-8-14)4-5-12(16)15-9-7-10(2)13(17)18/h10-11H,3-9,14H2,1-2H3,(H,15,16)(H,17,18). The van der Waals surface area contributed by atoms with Crippen molar-refractivity contribution in [1.82, 2.24) is 5.32 Å². The zero-order chi connectivity index (χ0) is 14.0. The summed E-state index contributed by atoms with van der Waals surface area (Å²) in [4.78, 5) is 22.1. The molecule has 0 aliphatic rings. The molecule has 0 saturated carbocycles. The zero-order valence-corrected chi connectivity index (χ0v) is 11.4. The average Bonchev–Trinajstić information content (AvgIpc) is 2.34. The van der Waals surface area contributed by atoms with Crippen LogP contribution in [0.15, 0.2) is 0 Å². The summed E-state index contributed by atoms with van der Waals surface area (Å²) in [5.74, 6) is -0.717. The molecule has 2 atom stereocenters. The Balaban J connectivity index is 3.68. The maximum absolute atomic E-state index is 11.5. The van der Waals surface area contributed by atoms with Gasteiger partial charge in [0.2, 0.25) is 5.91 Å². The summed E-state index contributed by atoms with van der Waals surface area (Å²) in [5, 5.41) is 11.4. The highest BCUT2D eigenvalue weighted by molar-refractivity contribution is 5.76. The Morgan fingerprint density at radius 2 is 1.94 bits per heavy atom. The second-order valence-corrected chi connectivity index (χ2v) is 4.77. The van der Waals surface area contributed by atoms with E-state index in [0.29, 0.717) is 31.8 Å². The van der Waals surface area contributed by atoms with Gasteiger partial charge in [-0.3, -0.25) is 9.59 Å². The van der Waals surface area contributed by atoms with Gasteiger partial charge in [0.05, 0.1) is 5.92 Å². The van der Waals surface area contributed by atoms with Crippen molar-refractivity contribution in [2.75, 3.05) is 13.1 Å². The van der Waals surface area contributed by atoms with Gasteiger partial charge in [-0.2, -0.15) is 0 Å². The molecule has 106 valence electrons. The van der Waals surface area contributed by atoms with Crippen molar-refractivity contribution in [3.05, 3.63) is 0 Å². The summed E-state index contributed by atoms with van der Waals surface area (Å²) < 4.78 is 0. The Labute approximate surface area is 109 Å². The van der Waals surface area contributed by atoms with Crippen molar-refractivity contribution in [2.45, 2.75) is 46.0 Å². The second-order valence-electron chi connectivity index (χ2n) is 4.77. The number of nitrogens with one attached hydrogen (secondary N) is 1. The predicted octanol–water partition coefficient (Wildman–Crippen LogP) is 1.37. The molecule has 0 fully saturated rings. The highest BCUT2D eigenvalue weighted by Crippen LogP contribution is 2.14. The van der Waals surface area contributed by atoms with Crippen molar-refractivity contribution in [3.63, 3.8) is 0 Å². The van der Waals surface area contributed by atoms with Gasteiger partial charge in [0.1, 0.15) is 0 Å². The molecule has 0 rings (SSSR count). The highest BCUT2D eigenvalue weighted by atomic mass is 16.4. The van der Waals surface area contributed by atoms with Crippen molar-refractivity contribution in [3.8, 4) is 0 Å². The number of carbonyl (C=O) groups excluding carboxylic acids is 1. The van der Waals surface area contributed by atoms with E-state index in [1.54, 1.807) is 6.92 Å². The lowest BCUT2D eigenvalue weighted by Crippen LogP contribution is -2.27. The van der Waals surface area contributed by atoms with Crippen LogP contribution in [0.25, 0.3) is 0 Å². The van der Waals surface area contributed by atoms with Crippen LogP contribution < -0.4 is 11.1 Å². The Morgan fingerprint density at radius 3 is 2.44 bits per heavy atom. The molecular weight excluding hydrogens is 232 g/mol. The van der Waals surface area contributed by atoms with Crippen molar-refractivity contribution in [1.29, 1.82) is 0 Å². The largest absolute Gasteiger partial charge is 0.481 e. The lowest BCUT2D eigenvalue weighted by atomic mass is 9.96. The molecule has 5 heteroatoms. The van der Waals surface area contributed by atoms with Gasteiger partial charge in [-0.25, -0.2) is 0 Å². The summed E-state index contributed by atoms with van der Waals surface area (Å²) in [6.07, 6.45) is 3.83. The summed E-state index contributed by atoms with van der Waals surface area (Å²) in [6, 6.07) is 0. The number of nitrogens with two attached hydrogens (primary N) is 1. The molecule has 4 N–H and O–H groups in total. The number of rotatable bonds is 10. The van der Waals surface area contributed by atoms with E-state index in [4.69, 9.17) is 10.8 Å². The summed E-state index contributed by atoms with van der Waals surface area (Å²) in [5.41, 5.74) is 5.50. The summed E-state index contributed by atoms with van der Waals surface area (Å²) >= 11 is 0. The molecular formula is C13H26N2O3. The Hall–Kier alpha value is -1.10. The van der Waals surface area contributed by atoms with Crippen LogP contribution in [-0.4, -0.2) is 30.1 Å². The SMILES string of the molecule is CCC(CCN)CCC(=O)NCCC(C)C(=O)O. The van der Waals surface area contributed by atoms with E-state index >= 15 is 0 Å². The van der Waals surface area contributed by atoms with Gasteiger partial charge in [0.25, 0.3) is 0 Å². The van der Waals surface area contributed by atoms with Crippen LogP contribution in [0.3, 0.4) is 0 Å². The Bertz CT molecular complexity index is 257. The number of hydrogen-bond acceptors (Lipinski definition) is 3. The fourth-order valence-corrected chi connectivity index (χ4v) is 1.76. The van der Waals surface area contributed by atoms with Crippen LogP contribution in [0.4, 0.5) is 0 Å². The highest BCUT2D eigenvalue weighted by Gasteiger charge is 2.12. The zero-order valence-electron chi connectivity index (χ0n) is 11.4. The van der Waals surface area contributed by atoms with E-state index < -0.39 is 11.9 Å². The van der Waals surface area contributed by atoms with E-state index in [9.17, 15) is 9.59 Å². The van der Waals surface area contributed by atoms with Gasteiger partial charge < -0.3 is 16.2 Å². The van der Waals surface area contributed by atoms with Gasteiger partial charge in [-0.05, 0) is 31.7 Å².